The van der Waals surface area contributed by atoms with Crippen LogP contribution in [-0.2, 0) is 6.18 Å². The van der Waals surface area contributed by atoms with Crippen molar-refractivity contribution in [3.05, 3.63) is 50.9 Å². The van der Waals surface area contributed by atoms with Gasteiger partial charge >= 0.3 is 6.18 Å². The van der Waals surface area contributed by atoms with E-state index in [1.165, 1.54) is 6.07 Å². The van der Waals surface area contributed by atoms with Crippen LogP contribution in [0.15, 0.2) is 45.3 Å². The average molecular weight is 410 g/mol. The summed E-state index contributed by atoms with van der Waals surface area (Å²) in [6.07, 6.45) is -4.41. The van der Waals surface area contributed by atoms with Crippen LogP contribution in [0.25, 0.3) is 0 Å². The molecule has 0 aromatic heterocycles. The summed E-state index contributed by atoms with van der Waals surface area (Å²) in [4.78, 5) is 0. The van der Waals surface area contributed by atoms with Crippen LogP contribution < -0.4 is 11.1 Å². The van der Waals surface area contributed by atoms with E-state index in [1.54, 1.807) is 24.3 Å². The van der Waals surface area contributed by atoms with Gasteiger partial charge in [-0.3, -0.25) is 0 Å². The van der Waals surface area contributed by atoms with E-state index in [-0.39, 0.29) is 4.47 Å². The van der Waals surface area contributed by atoms with Gasteiger partial charge in [-0.15, -0.1) is 0 Å². The summed E-state index contributed by atoms with van der Waals surface area (Å²) >= 11 is 6.21. The molecule has 0 saturated carbocycles. The van der Waals surface area contributed by atoms with E-state index < -0.39 is 11.7 Å². The fourth-order valence-electron chi connectivity index (χ4n) is 1.61. The topological polar surface area (TPSA) is 38.0 Å². The predicted octanol–water partition coefficient (Wildman–Crippen LogP) is 5.56. The van der Waals surface area contributed by atoms with E-state index in [2.05, 4.69) is 37.2 Å². The fraction of sp³-hybridized carbons (Fsp3) is 0.0769. The first-order valence-electron chi connectivity index (χ1n) is 5.46. The van der Waals surface area contributed by atoms with Crippen LogP contribution in [0.3, 0.4) is 0 Å². The third kappa shape index (κ3) is 3.46. The van der Waals surface area contributed by atoms with Crippen LogP contribution in [0.2, 0.25) is 0 Å². The van der Waals surface area contributed by atoms with Crippen molar-refractivity contribution in [2.24, 2.45) is 0 Å². The highest BCUT2D eigenvalue weighted by Crippen LogP contribution is 2.37. The lowest BCUT2D eigenvalue weighted by Crippen LogP contribution is -2.06. The summed E-state index contributed by atoms with van der Waals surface area (Å²) in [7, 11) is 0. The largest absolute Gasteiger partial charge is 0.417 e. The van der Waals surface area contributed by atoms with Gasteiger partial charge in [0.05, 0.1) is 11.3 Å². The standard InChI is InChI=1S/C13H9Br2F3N2/c14-10-3-2-8(6-9(10)13(16,17)18)20-12-4-1-7(19)5-11(12)15/h1-6,20H,19H2. The summed E-state index contributed by atoms with van der Waals surface area (Å²) in [6, 6.07) is 8.99. The molecule has 0 radical (unpaired) electrons. The lowest BCUT2D eigenvalue weighted by atomic mass is 10.2. The quantitative estimate of drug-likeness (QED) is 0.637. The number of rotatable bonds is 2. The lowest BCUT2D eigenvalue weighted by molar-refractivity contribution is -0.138. The summed E-state index contributed by atoms with van der Waals surface area (Å²) in [5.41, 5.74) is 6.42. The molecule has 106 valence electrons. The molecule has 0 saturated heterocycles. The molecular formula is C13H9Br2F3N2. The van der Waals surface area contributed by atoms with Crippen molar-refractivity contribution < 1.29 is 13.2 Å². The number of benzene rings is 2. The van der Waals surface area contributed by atoms with E-state index in [1.807, 2.05) is 0 Å². The van der Waals surface area contributed by atoms with Crippen molar-refractivity contribution in [3.8, 4) is 0 Å². The normalized spacial score (nSPS) is 11.4. The molecule has 3 N–H and O–H groups in total. The van der Waals surface area contributed by atoms with Gasteiger partial charge in [0.25, 0.3) is 0 Å². The average Bonchev–Trinajstić information content (AvgIpc) is 2.33. The summed E-state index contributed by atoms with van der Waals surface area (Å²) < 4.78 is 39.1. The monoisotopic (exact) mass is 408 g/mol. The molecule has 0 aliphatic rings. The maximum absolute atomic E-state index is 12.8. The lowest BCUT2D eigenvalue weighted by Gasteiger charge is -2.13. The second kappa shape index (κ2) is 5.65. The van der Waals surface area contributed by atoms with Crippen LogP contribution in [0, 0.1) is 0 Å². The SMILES string of the molecule is Nc1ccc(Nc2ccc(Br)c(C(F)(F)F)c2)c(Br)c1. The molecule has 2 nitrogen and oxygen atoms in total. The number of anilines is 3. The summed E-state index contributed by atoms with van der Waals surface area (Å²) in [5, 5.41) is 2.92. The van der Waals surface area contributed by atoms with Gasteiger partial charge in [-0.25, -0.2) is 0 Å². The van der Waals surface area contributed by atoms with Crippen molar-refractivity contribution in [1.29, 1.82) is 0 Å². The summed E-state index contributed by atoms with van der Waals surface area (Å²) in [5.74, 6) is 0. The number of nitrogens with two attached hydrogens (primary N) is 1. The second-order valence-corrected chi connectivity index (χ2v) is 5.77. The molecule has 0 heterocycles. The molecular weight excluding hydrogens is 401 g/mol. The van der Waals surface area contributed by atoms with Gasteiger partial charge in [0.15, 0.2) is 0 Å². The van der Waals surface area contributed by atoms with Gasteiger partial charge in [0, 0.05) is 20.3 Å². The zero-order chi connectivity index (χ0) is 14.9. The van der Waals surface area contributed by atoms with Crippen molar-refractivity contribution in [2.75, 3.05) is 11.1 Å². The highest BCUT2D eigenvalue weighted by Gasteiger charge is 2.33. The first kappa shape index (κ1) is 15.2. The predicted molar refractivity (Wildman–Crippen MR) is 81.0 cm³/mol. The summed E-state index contributed by atoms with van der Waals surface area (Å²) in [6.45, 7) is 0. The van der Waals surface area contributed by atoms with Crippen LogP contribution in [0.1, 0.15) is 5.56 Å². The van der Waals surface area contributed by atoms with E-state index in [0.717, 1.165) is 6.07 Å². The van der Waals surface area contributed by atoms with E-state index >= 15 is 0 Å². The molecule has 0 bridgehead atoms. The van der Waals surface area contributed by atoms with E-state index in [4.69, 9.17) is 5.73 Å². The van der Waals surface area contributed by atoms with Crippen LogP contribution >= 0.6 is 31.9 Å². The Bertz CT molecular complexity index is 642. The number of alkyl halides is 3. The maximum Gasteiger partial charge on any atom is 0.417 e. The van der Waals surface area contributed by atoms with Crippen molar-refractivity contribution in [3.63, 3.8) is 0 Å². The molecule has 2 aromatic rings. The zero-order valence-corrected chi connectivity index (χ0v) is 13.1. The Balaban J connectivity index is 2.35. The highest BCUT2D eigenvalue weighted by molar-refractivity contribution is 9.11. The Hall–Kier alpha value is -1.21. The molecule has 2 rings (SSSR count). The molecule has 20 heavy (non-hydrogen) atoms. The Morgan fingerprint density at radius 1 is 0.950 bits per heavy atom. The molecule has 0 amide bonds. The fourth-order valence-corrected chi connectivity index (χ4v) is 2.58. The molecule has 0 atom stereocenters. The van der Waals surface area contributed by atoms with Gasteiger partial charge in [-0.2, -0.15) is 13.2 Å². The van der Waals surface area contributed by atoms with Gasteiger partial charge in [-0.05, 0) is 52.3 Å². The van der Waals surface area contributed by atoms with Crippen molar-refractivity contribution >= 4 is 48.9 Å². The Morgan fingerprint density at radius 3 is 2.25 bits per heavy atom. The molecule has 0 unspecified atom stereocenters. The van der Waals surface area contributed by atoms with Crippen molar-refractivity contribution in [2.45, 2.75) is 6.18 Å². The Labute approximate surface area is 130 Å². The number of nitrogen functional groups attached to an aromatic ring is 1. The number of hydrogen-bond acceptors (Lipinski definition) is 2. The van der Waals surface area contributed by atoms with Gasteiger partial charge in [0.2, 0.25) is 0 Å². The molecule has 0 fully saturated rings. The third-order valence-electron chi connectivity index (χ3n) is 2.54. The Morgan fingerprint density at radius 2 is 1.65 bits per heavy atom. The minimum Gasteiger partial charge on any atom is -0.399 e. The minimum atomic E-state index is -4.41. The maximum atomic E-state index is 12.8. The first-order valence-corrected chi connectivity index (χ1v) is 7.05. The number of nitrogens with one attached hydrogen (secondary N) is 1. The van der Waals surface area contributed by atoms with Crippen molar-refractivity contribution in [1.82, 2.24) is 0 Å². The molecule has 0 aliphatic carbocycles. The number of hydrogen-bond donors (Lipinski definition) is 2. The van der Waals surface area contributed by atoms with Gasteiger partial charge < -0.3 is 11.1 Å². The molecule has 0 aliphatic heterocycles. The minimum absolute atomic E-state index is 0.00641. The van der Waals surface area contributed by atoms with E-state index in [0.29, 0.717) is 21.5 Å². The third-order valence-corrected chi connectivity index (χ3v) is 3.89. The van der Waals surface area contributed by atoms with Crippen LogP contribution in [0.5, 0.6) is 0 Å². The highest BCUT2D eigenvalue weighted by atomic mass is 79.9. The Kier molecular flexibility index (Phi) is 4.29. The number of halogens is 5. The second-order valence-electron chi connectivity index (χ2n) is 4.06. The van der Waals surface area contributed by atoms with Crippen LogP contribution in [-0.4, -0.2) is 0 Å². The molecule has 0 spiro atoms. The zero-order valence-electron chi connectivity index (χ0n) is 9.93. The van der Waals surface area contributed by atoms with Crippen LogP contribution in [0.4, 0.5) is 30.2 Å². The van der Waals surface area contributed by atoms with Gasteiger partial charge in [0.1, 0.15) is 0 Å². The molecule has 7 heteroatoms. The molecule has 2 aromatic carbocycles. The van der Waals surface area contributed by atoms with Gasteiger partial charge in [-0.1, -0.05) is 15.9 Å². The smallest absolute Gasteiger partial charge is 0.399 e. The first-order chi connectivity index (χ1) is 9.27. The van der Waals surface area contributed by atoms with E-state index in [9.17, 15) is 13.2 Å².